The van der Waals surface area contributed by atoms with Gasteiger partial charge in [0.15, 0.2) is 5.60 Å². The summed E-state index contributed by atoms with van der Waals surface area (Å²) in [5.74, 6) is -1.29. The Kier molecular flexibility index (Phi) is 5.73. The van der Waals surface area contributed by atoms with Crippen molar-refractivity contribution in [1.29, 1.82) is 0 Å². The molecule has 0 bridgehead atoms. The SMILES string of the molecule is C[C@H](NC(=O)C(=O)NC[C@](O)(c1ccco1)c1cccs1)c1ccccc1. The van der Waals surface area contributed by atoms with Crippen molar-refractivity contribution in [3.05, 3.63) is 82.4 Å². The minimum atomic E-state index is -1.54. The standard InChI is InChI=1S/C20H20N2O4S/c1-14(15-7-3-2-4-8-15)22-19(24)18(23)21-13-20(25,16-9-5-11-26-16)17-10-6-12-27-17/h2-12,14,25H,13H2,1H3,(H,21,23)(H,22,24)/t14-,20-/m0/s1. The molecule has 0 fully saturated rings. The van der Waals surface area contributed by atoms with E-state index in [-0.39, 0.29) is 12.6 Å². The van der Waals surface area contributed by atoms with E-state index in [2.05, 4.69) is 10.6 Å². The zero-order valence-corrected chi connectivity index (χ0v) is 15.5. The molecule has 2 amide bonds. The Hall–Kier alpha value is -2.90. The van der Waals surface area contributed by atoms with Crippen LogP contribution in [0.3, 0.4) is 0 Å². The molecule has 3 rings (SSSR count). The van der Waals surface area contributed by atoms with Crippen molar-refractivity contribution in [2.45, 2.75) is 18.6 Å². The second kappa shape index (κ2) is 8.20. The van der Waals surface area contributed by atoms with Crippen LogP contribution in [0.4, 0.5) is 0 Å². The summed E-state index contributed by atoms with van der Waals surface area (Å²) < 4.78 is 5.34. The number of amides is 2. The molecule has 2 atom stereocenters. The van der Waals surface area contributed by atoms with E-state index in [1.165, 1.54) is 17.6 Å². The van der Waals surface area contributed by atoms with Gasteiger partial charge in [-0.05, 0) is 36.1 Å². The zero-order chi connectivity index (χ0) is 19.3. The van der Waals surface area contributed by atoms with Gasteiger partial charge in [0.1, 0.15) is 5.76 Å². The molecule has 0 aliphatic heterocycles. The second-order valence-corrected chi connectivity index (χ2v) is 7.05. The van der Waals surface area contributed by atoms with E-state index >= 15 is 0 Å². The van der Waals surface area contributed by atoms with Crippen LogP contribution in [0.15, 0.2) is 70.7 Å². The first-order valence-electron chi connectivity index (χ1n) is 8.44. The highest BCUT2D eigenvalue weighted by molar-refractivity contribution is 7.10. The molecule has 0 spiro atoms. The van der Waals surface area contributed by atoms with Gasteiger partial charge in [-0.2, -0.15) is 0 Å². The molecule has 0 unspecified atom stereocenters. The summed E-state index contributed by atoms with van der Waals surface area (Å²) in [5.41, 5.74) is -0.650. The first-order chi connectivity index (χ1) is 13.0. The van der Waals surface area contributed by atoms with E-state index in [1.807, 2.05) is 35.7 Å². The number of rotatable bonds is 6. The van der Waals surface area contributed by atoms with Gasteiger partial charge in [0.25, 0.3) is 0 Å². The van der Waals surface area contributed by atoms with Crippen molar-refractivity contribution in [1.82, 2.24) is 10.6 Å². The smallest absolute Gasteiger partial charge is 0.309 e. The molecule has 3 aromatic rings. The van der Waals surface area contributed by atoms with Gasteiger partial charge in [0.05, 0.1) is 18.8 Å². The molecule has 0 aliphatic rings. The summed E-state index contributed by atoms with van der Waals surface area (Å²) in [4.78, 5) is 25.0. The first kappa shape index (κ1) is 18.9. The van der Waals surface area contributed by atoms with Crippen LogP contribution in [-0.4, -0.2) is 23.5 Å². The highest BCUT2D eigenvalue weighted by Gasteiger charge is 2.36. The van der Waals surface area contributed by atoms with Crippen molar-refractivity contribution in [2.24, 2.45) is 0 Å². The molecule has 0 saturated carbocycles. The van der Waals surface area contributed by atoms with Crippen LogP contribution >= 0.6 is 11.3 Å². The number of carbonyl (C=O) groups excluding carboxylic acids is 2. The number of hydrogen-bond donors (Lipinski definition) is 3. The number of hydrogen-bond acceptors (Lipinski definition) is 5. The average Bonchev–Trinajstić information content (AvgIpc) is 3.40. The summed E-state index contributed by atoms with van der Waals surface area (Å²) in [5, 5.41) is 18.1. The highest BCUT2D eigenvalue weighted by Crippen LogP contribution is 2.32. The Balaban J connectivity index is 1.65. The average molecular weight is 384 g/mol. The molecule has 27 heavy (non-hydrogen) atoms. The molecular formula is C20H20N2O4S. The molecule has 140 valence electrons. The Bertz CT molecular complexity index is 842. The first-order valence-corrected chi connectivity index (χ1v) is 9.32. The van der Waals surface area contributed by atoms with E-state index in [9.17, 15) is 14.7 Å². The lowest BCUT2D eigenvalue weighted by Gasteiger charge is -2.25. The van der Waals surface area contributed by atoms with Crippen LogP contribution in [0.5, 0.6) is 0 Å². The van der Waals surface area contributed by atoms with Crippen LogP contribution < -0.4 is 10.6 Å². The summed E-state index contributed by atoms with van der Waals surface area (Å²) in [6.45, 7) is 1.61. The van der Waals surface area contributed by atoms with Gasteiger partial charge < -0.3 is 20.2 Å². The summed E-state index contributed by atoms with van der Waals surface area (Å²) >= 11 is 1.33. The fourth-order valence-corrected chi connectivity index (χ4v) is 3.53. The third-order valence-corrected chi connectivity index (χ3v) is 5.24. The van der Waals surface area contributed by atoms with Gasteiger partial charge in [-0.15, -0.1) is 11.3 Å². The lowest BCUT2D eigenvalue weighted by molar-refractivity contribution is -0.140. The molecule has 0 saturated heterocycles. The maximum absolute atomic E-state index is 12.2. The van der Waals surface area contributed by atoms with E-state index in [0.29, 0.717) is 10.6 Å². The maximum atomic E-state index is 12.2. The van der Waals surface area contributed by atoms with Crippen molar-refractivity contribution in [3.8, 4) is 0 Å². The van der Waals surface area contributed by atoms with Crippen LogP contribution in [0.25, 0.3) is 0 Å². The topological polar surface area (TPSA) is 91.6 Å². The largest absolute Gasteiger partial charge is 0.466 e. The number of aliphatic hydroxyl groups is 1. The second-order valence-electron chi connectivity index (χ2n) is 6.10. The predicted molar refractivity (Wildman–Crippen MR) is 102 cm³/mol. The van der Waals surface area contributed by atoms with E-state index < -0.39 is 17.4 Å². The molecule has 0 radical (unpaired) electrons. The van der Waals surface area contributed by atoms with Gasteiger partial charge >= 0.3 is 11.8 Å². The summed E-state index contributed by atoms with van der Waals surface area (Å²) in [6.07, 6.45) is 1.45. The number of thiophene rings is 1. The van der Waals surface area contributed by atoms with Gasteiger partial charge in [0.2, 0.25) is 0 Å². The minimum Gasteiger partial charge on any atom is -0.466 e. The number of nitrogens with one attached hydrogen (secondary N) is 2. The molecule has 2 heterocycles. The Morgan fingerprint density at radius 3 is 2.52 bits per heavy atom. The van der Waals surface area contributed by atoms with E-state index in [0.717, 1.165) is 5.56 Å². The van der Waals surface area contributed by atoms with Crippen LogP contribution in [0.2, 0.25) is 0 Å². The van der Waals surface area contributed by atoms with Gasteiger partial charge in [-0.1, -0.05) is 36.4 Å². The summed E-state index contributed by atoms with van der Waals surface area (Å²) in [6, 6.07) is 15.9. The van der Waals surface area contributed by atoms with Gasteiger partial charge in [-0.3, -0.25) is 9.59 Å². The molecule has 2 aromatic heterocycles. The number of carbonyl (C=O) groups is 2. The highest BCUT2D eigenvalue weighted by atomic mass is 32.1. The fourth-order valence-electron chi connectivity index (χ4n) is 2.70. The van der Waals surface area contributed by atoms with Crippen molar-refractivity contribution >= 4 is 23.2 Å². The monoisotopic (exact) mass is 384 g/mol. The molecule has 3 N–H and O–H groups in total. The van der Waals surface area contributed by atoms with Crippen molar-refractivity contribution < 1.29 is 19.1 Å². The lowest BCUT2D eigenvalue weighted by atomic mass is 9.98. The summed E-state index contributed by atoms with van der Waals surface area (Å²) in [7, 11) is 0. The molecule has 0 aliphatic carbocycles. The normalized spacial score (nSPS) is 14.1. The van der Waals surface area contributed by atoms with E-state index in [4.69, 9.17) is 4.42 Å². The maximum Gasteiger partial charge on any atom is 0.309 e. The van der Waals surface area contributed by atoms with Crippen molar-refractivity contribution in [3.63, 3.8) is 0 Å². The Labute approximate surface area is 160 Å². The van der Waals surface area contributed by atoms with Gasteiger partial charge in [0, 0.05) is 4.88 Å². The Morgan fingerprint density at radius 1 is 1.11 bits per heavy atom. The fraction of sp³-hybridized carbons (Fsp3) is 0.200. The van der Waals surface area contributed by atoms with Crippen LogP contribution in [0, 0.1) is 0 Å². The number of benzene rings is 1. The van der Waals surface area contributed by atoms with Gasteiger partial charge in [-0.25, -0.2) is 0 Å². The molecule has 1 aromatic carbocycles. The quantitative estimate of drug-likeness (QED) is 0.570. The third-order valence-electron chi connectivity index (χ3n) is 4.22. The number of furan rings is 1. The lowest BCUT2D eigenvalue weighted by Crippen LogP contribution is -2.47. The van der Waals surface area contributed by atoms with Crippen LogP contribution in [-0.2, 0) is 15.2 Å². The zero-order valence-electron chi connectivity index (χ0n) is 14.7. The predicted octanol–water partition coefficient (Wildman–Crippen LogP) is 2.57. The molecule has 7 heteroatoms. The van der Waals surface area contributed by atoms with Crippen LogP contribution in [0.1, 0.15) is 29.2 Å². The van der Waals surface area contributed by atoms with E-state index in [1.54, 1.807) is 31.2 Å². The third kappa shape index (κ3) is 4.27. The minimum absolute atomic E-state index is 0.188. The molecule has 6 nitrogen and oxygen atoms in total. The molecular weight excluding hydrogens is 364 g/mol. The van der Waals surface area contributed by atoms with Crippen molar-refractivity contribution in [2.75, 3.05) is 6.54 Å². The Morgan fingerprint density at radius 2 is 1.89 bits per heavy atom.